The van der Waals surface area contributed by atoms with E-state index < -0.39 is 94.9 Å². The van der Waals surface area contributed by atoms with Gasteiger partial charge in [0.15, 0.2) is 12.4 Å². The average Bonchev–Trinajstić information content (AvgIpc) is 2.66. The third-order valence-electron chi connectivity index (χ3n) is 4.14. The van der Waals surface area contributed by atoms with Gasteiger partial charge >= 0.3 is 26.7 Å². The van der Waals surface area contributed by atoms with Crippen molar-refractivity contribution in [1.29, 1.82) is 0 Å². The van der Waals surface area contributed by atoms with E-state index in [1.807, 2.05) is 0 Å². The summed E-state index contributed by atoms with van der Waals surface area (Å²) < 4.78 is 76.8. The first-order chi connectivity index (χ1) is 14.5. The van der Waals surface area contributed by atoms with Crippen LogP contribution in [0.2, 0.25) is 0 Å². The van der Waals surface area contributed by atoms with Gasteiger partial charge in [-0.05, 0) is 0 Å². The summed E-state index contributed by atoms with van der Waals surface area (Å²) >= 11 is 0. The topological polar surface area (TPSA) is 307 Å². The molecule has 18 nitrogen and oxygen atoms in total. The maximum Gasteiger partial charge on any atom is 0.397 e. The number of ether oxygens (including phenoxy) is 2. The Kier molecular flexibility index (Phi) is 10.3. The van der Waals surface area contributed by atoms with Crippen LogP contribution in [-0.2, 0) is 39.2 Å². The van der Waals surface area contributed by atoms with Crippen molar-refractivity contribution in [3.8, 4) is 0 Å². The Hall–Kier alpha value is -1.11. The van der Waals surface area contributed by atoms with Gasteiger partial charge in [-0.1, -0.05) is 0 Å². The quantitative estimate of drug-likeness (QED) is 0.108. The Bertz CT molecular complexity index is 830. The van der Waals surface area contributed by atoms with Gasteiger partial charge in [-0.3, -0.25) is 9.11 Å². The minimum Gasteiger partial charge on any atom is -0.479 e. The summed E-state index contributed by atoms with van der Waals surface area (Å²) in [5, 5.41) is 67.4. The number of hydrogen-bond donors (Lipinski definition) is 10. The van der Waals surface area contributed by atoms with E-state index >= 15 is 0 Å². The van der Waals surface area contributed by atoms with Gasteiger partial charge in [-0.25, -0.2) is 8.98 Å². The van der Waals surface area contributed by atoms with Gasteiger partial charge in [-0.15, -0.1) is 0 Å². The predicted octanol–water partition coefficient (Wildman–Crippen LogP) is -6.44. The molecule has 1 heterocycles. The molecule has 1 aliphatic rings. The molecule has 10 N–H and O–H groups in total. The fourth-order valence-corrected chi connectivity index (χ4v) is 3.50. The summed E-state index contributed by atoms with van der Waals surface area (Å²) in [6.07, 6.45) is -18.1. The largest absolute Gasteiger partial charge is 0.479 e. The standard InChI is InChI=1S/C12H23NO17S2/c14-1-3(15)6(16)10(9(19)11(20)21)30-12-5(13-31(22,23)24)8(18)7(17)4(29-12)2-28-32(25,26)27/h3-10,12-19H,1-2H2,(H,20,21)(H,22,23,24)(H,25,26,27)/t3-,4+,5+,6+,7+,8+,9+,10-,12+/m0/s1. The van der Waals surface area contributed by atoms with E-state index in [9.17, 15) is 47.2 Å². The monoisotopic (exact) mass is 517 g/mol. The lowest BCUT2D eigenvalue weighted by molar-refractivity contribution is -0.298. The van der Waals surface area contributed by atoms with Gasteiger partial charge in [0.1, 0.15) is 42.7 Å². The summed E-state index contributed by atoms with van der Waals surface area (Å²) in [6, 6.07) is -2.16. The molecule has 0 aliphatic carbocycles. The lowest BCUT2D eigenvalue weighted by atomic mass is 9.97. The number of carbonyl (C=O) groups is 1. The zero-order valence-corrected chi connectivity index (χ0v) is 17.4. The molecule has 0 unspecified atom stereocenters. The van der Waals surface area contributed by atoms with Crippen LogP contribution in [0.15, 0.2) is 0 Å². The van der Waals surface area contributed by atoms with Crippen LogP contribution in [0, 0.1) is 0 Å². The fourth-order valence-electron chi connectivity index (χ4n) is 2.60. The molecule has 0 radical (unpaired) electrons. The maximum absolute atomic E-state index is 11.2. The molecule has 0 saturated carbocycles. The lowest BCUT2D eigenvalue weighted by Crippen LogP contribution is -2.66. The van der Waals surface area contributed by atoms with Crippen LogP contribution in [0.5, 0.6) is 0 Å². The third-order valence-corrected chi connectivity index (χ3v) is 5.14. The molecule has 0 aromatic carbocycles. The molecule has 1 aliphatic heterocycles. The summed E-state index contributed by atoms with van der Waals surface area (Å²) in [7, 11) is -10.2. The highest BCUT2D eigenvalue weighted by Crippen LogP contribution is 2.26. The zero-order chi connectivity index (χ0) is 25.0. The minimum atomic E-state index is -5.16. The van der Waals surface area contributed by atoms with Gasteiger partial charge in [-0.2, -0.15) is 21.6 Å². The number of aliphatic hydroxyl groups is 6. The zero-order valence-electron chi connectivity index (χ0n) is 15.7. The van der Waals surface area contributed by atoms with E-state index in [0.717, 1.165) is 0 Å². The van der Waals surface area contributed by atoms with E-state index in [2.05, 4.69) is 4.18 Å². The normalized spacial score (nSPS) is 30.9. The Morgan fingerprint density at radius 3 is 2.06 bits per heavy atom. The van der Waals surface area contributed by atoms with Crippen LogP contribution in [0.25, 0.3) is 0 Å². The van der Waals surface area contributed by atoms with Crippen LogP contribution in [-0.4, -0.2) is 136 Å². The SMILES string of the molecule is O=C(O)[C@H](O)[C@@H](O[C@H]1O[C@H](COS(=O)(=O)O)[C@@H](O)[C@H](O)[C@H]1NS(=O)(=O)O)[C@H](O)[C@@H](O)CO. The number of nitrogens with one attached hydrogen (secondary N) is 1. The molecule has 0 aromatic rings. The summed E-state index contributed by atoms with van der Waals surface area (Å²) in [5.74, 6) is -2.03. The minimum absolute atomic E-state index is 1.16. The summed E-state index contributed by atoms with van der Waals surface area (Å²) in [6.45, 7) is -2.35. The van der Waals surface area contributed by atoms with Crippen molar-refractivity contribution < 1.29 is 80.1 Å². The molecule has 9 atom stereocenters. The van der Waals surface area contributed by atoms with E-state index in [-0.39, 0.29) is 0 Å². The Labute approximate surface area is 180 Å². The molecule has 20 heteroatoms. The highest BCUT2D eigenvalue weighted by atomic mass is 32.3. The Balaban J connectivity index is 3.31. The molecule has 0 aromatic heterocycles. The maximum atomic E-state index is 11.2. The number of rotatable bonds is 12. The summed E-state index contributed by atoms with van der Waals surface area (Å²) in [4.78, 5) is 11.1. The number of aliphatic carboxylic acids is 1. The number of aliphatic hydroxyl groups excluding tert-OH is 6. The first-order valence-electron chi connectivity index (χ1n) is 8.40. The van der Waals surface area contributed by atoms with Gasteiger partial charge in [0, 0.05) is 0 Å². The van der Waals surface area contributed by atoms with Gasteiger partial charge in [0.2, 0.25) is 0 Å². The highest BCUT2D eigenvalue weighted by molar-refractivity contribution is 7.83. The molecule has 1 saturated heterocycles. The molecule has 0 amide bonds. The Morgan fingerprint density at radius 2 is 1.62 bits per heavy atom. The van der Waals surface area contributed by atoms with Crippen molar-refractivity contribution in [2.75, 3.05) is 13.2 Å². The molecule has 0 spiro atoms. The first-order valence-corrected chi connectivity index (χ1v) is 11.2. The number of carboxylic acid groups (broad SMARTS) is 1. The van der Waals surface area contributed by atoms with E-state index in [1.165, 1.54) is 4.72 Å². The van der Waals surface area contributed by atoms with Crippen molar-refractivity contribution in [3.63, 3.8) is 0 Å². The second-order valence-corrected chi connectivity index (χ2v) is 8.76. The van der Waals surface area contributed by atoms with E-state index in [0.29, 0.717) is 0 Å². The molecule has 0 bridgehead atoms. The molecule has 1 rings (SSSR count). The fraction of sp³-hybridized carbons (Fsp3) is 0.917. The first kappa shape index (κ1) is 28.9. The van der Waals surface area contributed by atoms with Crippen molar-refractivity contribution >= 4 is 26.7 Å². The van der Waals surface area contributed by atoms with Gasteiger partial charge in [0.25, 0.3) is 0 Å². The molecule has 1 fully saturated rings. The van der Waals surface area contributed by atoms with Crippen molar-refractivity contribution in [1.82, 2.24) is 4.72 Å². The molecular weight excluding hydrogens is 494 g/mol. The highest BCUT2D eigenvalue weighted by Gasteiger charge is 2.50. The number of hydrogen-bond acceptors (Lipinski definition) is 14. The van der Waals surface area contributed by atoms with Crippen LogP contribution in [0.3, 0.4) is 0 Å². The van der Waals surface area contributed by atoms with Crippen LogP contribution in [0.1, 0.15) is 0 Å². The van der Waals surface area contributed by atoms with Gasteiger partial charge in [0.05, 0.1) is 13.2 Å². The molecule has 190 valence electrons. The second-order valence-electron chi connectivity index (χ2n) is 6.48. The van der Waals surface area contributed by atoms with Crippen LogP contribution >= 0.6 is 0 Å². The van der Waals surface area contributed by atoms with Crippen LogP contribution < -0.4 is 4.72 Å². The van der Waals surface area contributed by atoms with Crippen molar-refractivity contribution in [2.24, 2.45) is 0 Å². The van der Waals surface area contributed by atoms with Crippen molar-refractivity contribution in [3.05, 3.63) is 0 Å². The third kappa shape index (κ3) is 8.35. The lowest BCUT2D eigenvalue weighted by Gasteiger charge is -2.43. The predicted molar refractivity (Wildman–Crippen MR) is 94.3 cm³/mol. The average molecular weight is 517 g/mol. The molecular formula is C12H23NO17S2. The van der Waals surface area contributed by atoms with Crippen LogP contribution in [0.4, 0.5) is 0 Å². The van der Waals surface area contributed by atoms with Gasteiger partial charge < -0.3 is 45.2 Å². The number of carboxylic acids is 1. The van der Waals surface area contributed by atoms with E-state index in [1.54, 1.807) is 0 Å². The molecule has 32 heavy (non-hydrogen) atoms. The Morgan fingerprint density at radius 1 is 1.06 bits per heavy atom. The van der Waals surface area contributed by atoms with E-state index in [4.69, 9.17) is 28.8 Å². The smallest absolute Gasteiger partial charge is 0.397 e. The second kappa shape index (κ2) is 11.3. The van der Waals surface area contributed by atoms with Crippen molar-refractivity contribution in [2.45, 2.75) is 55.1 Å². The summed E-state index contributed by atoms with van der Waals surface area (Å²) in [5.41, 5.74) is 0.